The van der Waals surface area contributed by atoms with Gasteiger partial charge in [0.25, 0.3) is 0 Å². The molecule has 1 heterocycles. The normalized spacial score (nSPS) is 19.3. The van der Waals surface area contributed by atoms with Crippen molar-refractivity contribution in [3.63, 3.8) is 0 Å². The van der Waals surface area contributed by atoms with Crippen LogP contribution in [0.15, 0.2) is 0 Å². The molecule has 1 aliphatic rings. The number of nitrogens with one attached hydrogen (secondary N) is 2. The van der Waals surface area contributed by atoms with Gasteiger partial charge in [0.2, 0.25) is 23.6 Å². The molecule has 0 aliphatic carbocycles. The van der Waals surface area contributed by atoms with Crippen molar-refractivity contribution in [2.24, 2.45) is 23.3 Å². The molecule has 0 spiro atoms. The molecule has 1 rings (SSSR count). The molecule has 30 heavy (non-hydrogen) atoms. The standard InChI is InChI=1S/C19H33N5O6/c1-9(2)14(21)17(27)22-11(8-13(20)25)16(26)23-15(10(3)4)18(28)24-7-5-6-12(24)19(29)30/h9-12,14-15H,5-8,21H2,1-4H3,(H2,20,25)(H,22,27)(H,23,26)(H,29,30). The average molecular weight is 428 g/mol. The number of rotatable bonds is 10. The van der Waals surface area contributed by atoms with E-state index in [1.54, 1.807) is 27.7 Å². The summed E-state index contributed by atoms with van der Waals surface area (Å²) in [6, 6.07) is -4.16. The largest absolute Gasteiger partial charge is 0.480 e. The van der Waals surface area contributed by atoms with Gasteiger partial charge in [0.1, 0.15) is 18.1 Å². The average Bonchev–Trinajstić information content (AvgIpc) is 3.13. The van der Waals surface area contributed by atoms with E-state index in [1.165, 1.54) is 4.90 Å². The lowest BCUT2D eigenvalue weighted by atomic mass is 10.0. The smallest absolute Gasteiger partial charge is 0.326 e. The van der Waals surface area contributed by atoms with Crippen LogP contribution >= 0.6 is 0 Å². The number of hydrogen-bond donors (Lipinski definition) is 5. The van der Waals surface area contributed by atoms with Gasteiger partial charge in [-0.3, -0.25) is 19.2 Å². The predicted octanol–water partition coefficient (Wildman–Crippen LogP) is -1.45. The molecule has 1 saturated heterocycles. The van der Waals surface area contributed by atoms with E-state index in [1.807, 2.05) is 0 Å². The number of likely N-dealkylation sites (tertiary alicyclic amines) is 1. The molecule has 4 atom stereocenters. The Kier molecular flexibility index (Phi) is 9.22. The summed E-state index contributed by atoms with van der Waals surface area (Å²) in [5, 5.41) is 14.3. The third kappa shape index (κ3) is 6.68. The van der Waals surface area contributed by atoms with Gasteiger partial charge < -0.3 is 32.1 Å². The number of primary amides is 1. The van der Waals surface area contributed by atoms with Crippen molar-refractivity contribution in [3.05, 3.63) is 0 Å². The molecular formula is C19H33N5O6. The van der Waals surface area contributed by atoms with Gasteiger partial charge in [-0.2, -0.15) is 0 Å². The maximum atomic E-state index is 13.0. The van der Waals surface area contributed by atoms with Gasteiger partial charge in [-0.15, -0.1) is 0 Å². The summed E-state index contributed by atoms with van der Waals surface area (Å²) >= 11 is 0. The maximum Gasteiger partial charge on any atom is 0.326 e. The monoisotopic (exact) mass is 427 g/mol. The highest BCUT2D eigenvalue weighted by Crippen LogP contribution is 2.20. The Balaban J connectivity index is 2.98. The zero-order chi connectivity index (χ0) is 23.2. The quantitative estimate of drug-likeness (QED) is 0.282. The van der Waals surface area contributed by atoms with Crippen LogP contribution in [0.2, 0.25) is 0 Å². The van der Waals surface area contributed by atoms with E-state index < -0.39 is 60.2 Å². The van der Waals surface area contributed by atoms with Crippen molar-refractivity contribution in [3.8, 4) is 0 Å². The maximum absolute atomic E-state index is 13.0. The molecule has 11 nitrogen and oxygen atoms in total. The summed E-state index contributed by atoms with van der Waals surface area (Å²) in [5.74, 6) is -4.38. The highest BCUT2D eigenvalue weighted by atomic mass is 16.4. The van der Waals surface area contributed by atoms with Crippen molar-refractivity contribution in [1.29, 1.82) is 0 Å². The van der Waals surface area contributed by atoms with Gasteiger partial charge in [0, 0.05) is 6.54 Å². The number of nitrogens with zero attached hydrogens (tertiary/aromatic N) is 1. The number of carboxylic acid groups (broad SMARTS) is 1. The first-order valence-corrected chi connectivity index (χ1v) is 10.0. The summed E-state index contributed by atoms with van der Waals surface area (Å²) in [5.41, 5.74) is 11.0. The predicted molar refractivity (Wildman–Crippen MR) is 108 cm³/mol. The summed E-state index contributed by atoms with van der Waals surface area (Å²) in [7, 11) is 0. The summed E-state index contributed by atoms with van der Waals surface area (Å²) in [4.78, 5) is 62.0. The van der Waals surface area contributed by atoms with E-state index in [2.05, 4.69) is 10.6 Å². The fraction of sp³-hybridized carbons (Fsp3) is 0.737. The second-order valence-electron chi connectivity index (χ2n) is 8.26. The van der Waals surface area contributed by atoms with Crippen LogP contribution in [-0.4, -0.2) is 70.3 Å². The Bertz CT molecular complexity index is 680. The van der Waals surface area contributed by atoms with E-state index in [4.69, 9.17) is 11.5 Å². The first-order chi connectivity index (χ1) is 13.9. The van der Waals surface area contributed by atoms with Crippen molar-refractivity contribution >= 4 is 29.6 Å². The second kappa shape index (κ2) is 10.9. The number of hydrogen-bond acceptors (Lipinski definition) is 6. The van der Waals surface area contributed by atoms with Gasteiger partial charge in [0.05, 0.1) is 12.5 Å². The first-order valence-electron chi connectivity index (χ1n) is 10.0. The molecule has 7 N–H and O–H groups in total. The molecule has 0 bridgehead atoms. The molecular weight excluding hydrogens is 394 g/mol. The van der Waals surface area contributed by atoms with Crippen LogP contribution in [0, 0.1) is 11.8 Å². The molecule has 170 valence electrons. The molecule has 4 unspecified atom stereocenters. The SMILES string of the molecule is CC(C)C(N)C(=O)NC(CC(N)=O)C(=O)NC(C(=O)N1CCCC1C(=O)O)C(C)C. The molecule has 1 aliphatic heterocycles. The number of carboxylic acids is 1. The Labute approximate surface area is 175 Å². The van der Waals surface area contributed by atoms with Gasteiger partial charge in [-0.1, -0.05) is 27.7 Å². The zero-order valence-electron chi connectivity index (χ0n) is 17.9. The van der Waals surface area contributed by atoms with E-state index in [9.17, 15) is 29.1 Å². The van der Waals surface area contributed by atoms with E-state index in [0.717, 1.165) is 0 Å². The van der Waals surface area contributed by atoms with Crippen molar-refractivity contribution in [1.82, 2.24) is 15.5 Å². The molecule has 0 aromatic heterocycles. The Morgan fingerprint density at radius 1 is 1.03 bits per heavy atom. The van der Waals surface area contributed by atoms with Crippen LogP contribution in [0.1, 0.15) is 47.0 Å². The fourth-order valence-corrected chi connectivity index (χ4v) is 3.21. The summed E-state index contributed by atoms with van der Waals surface area (Å²) in [6.07, 6.45) is 0.422. The van der Waals surface area contributed by atoms with Gasteiger partial charge in [-0.05, 0) is 24.7 Å². The molecule has 0 saturated carbocycles. The molecule has 4 amide bonds. The Morgan fingerprint density at radius 3 is 2.10 bits per heavy atom. The van der Waals surface area contributed by atoms with Crippen molar-refractivity contribution in [2.75, 3.05) is 6.54 Å². The molecule has 0 aromatic carbocycles. The zero-order valence-corrected chi connectivity index (χ0v) is 17.9. The van der Waals surface area contributed by atoms with Crippen LogP contribution in [0.4, 0.5) is 0 Å². The van der Waals surface area contributed by atoms with Crippen molar-refractivity contribution < 1.29 is 29.1 Å². The number of amides is 4. The highest BCUT2D eigenvalue weighted by molar-refractivity contribution is 5.96. The van der Waals surface area contributed by atoms with Gasteiger partial charge >= 0.3 is 5.97 Å². The Hall–Kier alpha value is -2.69. The summed E-state index contributed by atoms with van der Waals surface area (Å²) in [6.45, 7) is 7.14. The van der Waals surface area contributed by atoms with Crippen LogP contribution in [0.5, 0.6) is 0 Å². The van der Waals surface area contributed by atoms with Crippen molar-refractivity contribution in [2.45, 2.75) is 71.1 Å². The molecule has 1 fully saturated rings. The molecule has 0 radical (unpaired) electrons. The van der Waals surface area contributed by atoms with Crippen LogP contribution in [-0.2, 0) is 24.0 Å². The molecule has 0 aromatic rings. The minimum absolute atomic E-state index is 0.199. The lowest BCUT2D eigenvalue weighted by Gasteiger charge is -2.30. The third-order valence-electron chi connectivity index (χ3n) is 5.11. The van der Waals surface area contributed by atoms with Gasteiger partial charge in [0.15, 0.2) is 0 Å². The minimum atomic E-state index is -1.30. The van der Waals surface area contributed by atoms with E-state index in [-0.39, 0.29) is 18.4 Å². The third-order valence-corrected chi connectivity index (χ3v) is 5.11. The molecule has 11 heteroatoms. The van der Waals surface area contributed by atoms with Crippen LogP contribution < -0.4 is 22.1 Å². The number of carbonyl (C=O) groups is 5. The highest BCUT2D eigenvalue weighted by Gasteiger charge is 2.39. The van der Waals surface area contributed by atoms with E-state index in [0.29, 0.717) is 12.8 Å². The van der Waals surface area contributed by atoms with Crippen LogP contribution in [0.3, 0.4) is 0 Å². The lowest BCUT2D eigenvalue weighted by molar-refractivity contribution is -0.150. The Morgan fingerprint density at radius 2 is 1.63 bits per heavy atom. The summed E-state index contributed by atoms with van der Waals surface area (Å²) < 4.78 is 0. The number of nitrogens with two attached hydrogens (primary N) is 2. The topological polar surface area (TPSA) is 185 Å². The first kappa shape index (κ1) is 25.3. The lowest BCUT2D eigenvalue weighted by Crippen LogP contribution is -2.59. The van der Waals surface area contributed by atoms with Gasteiger partial charge in [-0.25, -0.2) is 4.79 Å². The fourth-order valence-electron chi connectivity index (χ4n) is 3.21. The minimum Gasteiger partial charge on any atom is -0.480 e. The second-order valence-corrected chi connectivity index (χ2v) is 8.26. The number of aliphatic carboxylic acids is 1. The van der Waals surface area contributed by atoms with Crippen LogP contribution in [0.25, 0.3) is 0 Å². The van der Waals surface area contributed by atoms with E-state index >= 15 is 0 Å². The number of carbonyl (C=O) groups excluding carboxylic acids is 4.